The van der Waals surface area contributed by atoms with E-state index in [1.807, 2.05) is 19.1 Å². The molecule has 1 fully saturated rings. The van der Waals surface area contributed by atoms with Crippen LogP contribution in [0.15, 0.2) is 24.3 Å². The predicted octanol–water partition coefficient (Wildman–Crippen LogP) is 2.51. The monoisotopic (exact) mass is 249 g/mol. The lowest BCUT2D eigenvalue weighted by Gasteiger charge is -2.20. The van der Waals surface area contributed by atoms with Crippen LogP contribution < -0.4 is 10.1 Å². The molecular formula is C15H23NO2. The molecule has 0 saturated heterocycles. The summed E-state index contributed by atoms with van der Waals surface area (Å²) < 4.78 is 5.18. The molecule has 1 saturated carbocycles. The molecule has 1 aliphatic carbocycles. The molecule has 1 aliphatic rings. The summed E-state index contributed by atoms with van der Waals surface area (Å²) in [6, 6.07) is 8.61. The Kier molecular flexibility index (Phi) is 4.61. The van der Waals surface area contributed by atoms with E-state index in [1.54, 1.807) is 7.11 Å². The number of methoxy groups -OCH3 is 1. The van der Waals surface area contributed by atoms with Crippen LogP contribution in [0.4, 0.5) is 0 Å². The van der Waals surface area contributed by atoms with Crippen molar-refractivity contribution in [2.24, 2.45) is 5.92 Å². The molecule has 18 heavy (non-hydrogen) atoms. The van der Waals surface area contributed by atoms with E-state index in [-0.39, 0.29) is 6.10 Å². The van der Waals surface area contributed by atoms with Crippen molar-refractivity contribution in [3.63, 3.8) is 0 Å². The summed E-state index contributed by atoms with van der Waals surface area (Å²) >= 11 is 0. The van der Waals surface area contributed by atoms with Crippen molar-refractivity contribution in [3.05, 3.63) is 29.8 Å². The summed E-state index contributed by atoms with van der Waals surface area (Å²) in [5.41, 5.74) is 1.29. The molecule has 0 heterocycles. The molecule has 2 rings (SSSR count). The largest absolute Gasteiger partial charge is 0.497 e. The van der Waals surface area contributed by atoms with Crippen LogP contribution in [0.2, 0.25) is 0 Å². The van der Waals surface area contributed by atoms with Gasteiger partial charge < -0.3 is 15.2 Å². The van der Waals surface area contributed by atoms with Gasteiger partial charge in [0.25, 0.3) is 0 Å². The standard InChI is InChI=1S/C15H23NO2/c1-3-13(17)10-16-15(11-4-5-11)12-6-8-14(18-2)9-7-12/h6-9,11,13,15-17H,3-5,10H2,1-2H3. The molecule has 2 unspecified atom stereocenters. The average molecular weight is 249 g/mol. The zero-order valence-corrected chi connectivity index (χ0v) is 11.2. The van der Waals surface area contributed by atoms with Gasteiger partial charge in [0.1, 0.15) is 5.75 Å². The van der Waals surface area contributed by atoms with Gasteiger partial charge in [0.2, 0.25) is 0 Å². The molecule has 1 aromatic rings. The van der Waals surface area contributed by atoms with Crippen molar-refractivity contribution < 1.29 is 9.84 Å². The van der Waals surface area contributed by atoms with E-state index >= 15 is 0 Å². The third kappa shape index (κ3) is 3.47. The minimum Gasteiger partial charge on any atom is -0.497 e. The Morgan fingerprint density at radius 3 is 2.50 bits per heavy atom. The van der Waals surface area contributed by atoms with Crippen molar-refractivity contribution in [2.45, 2.75) is 38.3 Å². The number of rotatable bonds is 7. The van der Waals surface area contributed by atoms with Gasteiger partial charge in [-0.3, -0.25) is 0 Å². The summed E-state index contributed by atoms with van der Waals surface area (Å²) in [6.45, 7) is 2.68. The van der Waals surface area contributed by atoms with Crippen molar-refractivity contribution in [2.75, 3.05) is 13.7 Å². The van der Waals surface area contributed by atoms with Gasteiger partial charge in [-0.2, -0.15) is 0 Å². The van der Waals surface area contributed by atoms with E-state index in [9.17, 15) is 5.11 Å². The number of hydrogen-bond acceptors (Lipinski definition) is 3. The average Bonchev–Trinajstić information content (AvgIpc) is 3.24. The van der Waals surface area contributed by atoms with Gasteiger partial charge in [-0.05, 0) is 42.9 Å². The SMILES string of the molecule is CCC(O)CNC(c1ccc(OC)cc1)C1CC1. The van der Waals surface area contributed by atoms with Crippen molar-refractivity contribution in [3.8, 4) is 5.75 Å². The van der Waals surface area contributed by atoms with Gasteiger partial charge in [-0.15, -0.1) is 0 Å². The second kappa shape index (κ2) is 6.21. The summed E-state index contributed by atoms with van der Waals surface area (Å²) in [5, 5.41) is 13.2. The summed E-state index contributed by atoms with van der Waals surface area (Å²) in [5.74, 6) is 1.62. The molecule has 2 atom stereocenters. The molecule has 0 bridgehead atoms. The van der Waals surface area contributed by atoms with Crippen LogP contribution in [0, 0.1) is 5.92 Å². The number of aliphatic hydroxyl groups is 1. The Morgan fingerprint density at radius 2 is 2.00 bits per heavy atom. The Bertz CT molecular complexity index is 359. The lowest BCUT2D eigenvalue weighted by atomic mass is 10.0. The zero-order chi connectivity index (χ0) is 13.0. The van der Waals surface area contributed by atoms with Crippen molar-refractivity contribution in [1.82, 2.24) is 5.32 Å². The fraction of sp³-hybridized carbons (Fsp3) is 0.600. The van der Waals surface area contributed by atoms with Crippen LogP contribution in [-0.2, 0) is 0 Å². The highest BCUT2D eigenvalue weighted by molar-refractivity contribution is 5.30. The second-order valence-corrected chi connectivity index (χ2v) is 5.06. The van der Waals surface area contributed by atoms with E-state index in [0.29, 0.717) is 12.6 Å². The smallest absolute Gasteiger partial charge is 0.118 e. The predicted molar refractivity (Wildman–Crippen MR) is 72.8 cm³/mol. The van der Waals surface area contributed by atoms with Crippen LogP contribution >= 0.6 is 0 Å². The molecule has 2 N–H and O–H groups in total. The van der Waals surface area contributed by atoms with Crippen LogP contribution in [-0.4, -0.2) is 24.9 Å². The number of hydrogen-bond donors (Lipinski definition) is 2. The maximum Gasteiger partial charge on any atom is 0.118 e. The lowest BCUT2D eigenvalue weighted by Crippen LogP contribution is -2.31. The molecule has 1 aromatic carbocycles. The van der Waals surface area contributed by atoms with E-state index in [2.05, 4.69) is 17.4 Å². The molecular weight excluding hydrogens is 226 g/mol. The van der Waals surface area contributed by atoms with E-state index in [0.717, 1.165) is 18.1 Å². The van der Waals surface area contributed by atoms with E-state index in [1.165, 1.54) is 18.4 Å². The summed E-state index contributed by atoms with van der Waals surface area (Å²) in [7, 11) is 1.68. The lowest BCUT2D eigenvalue weighted by molar-refractivity contribution is 0.161. The van der Waals surface area contributed by atoms with Gasteiger partial charge in [-0.1, -0.05) is 19.1 Å². The van der Waals surface area contributed by atoms with E-state index in [4.69, 9.17) is 4.74 Å². The Hall–Kier alpha value is -1.06. The first-order valence-electron chi connectivity index (χ1n) is 6.80. The summed E-state index contributed by atoms with van der Waals surface area (Å²) in [6.07, 6.45) is 3.12. The van der Waals surface area contributed by atoms with Gasteiger partial charge in [0, 0.05) is 12.6 Å². The van der Waals surface area contributed by atoms with Gasteiger partial charge in [-0.25, -0.2) is 0 Å². The van der Waals surface area contributed by atoms with Crippen molar-refractivity contribution >= 4 is 0 Å². The highest BCUT2D eigenvalue weighted by Crippen LogP contribution is 2.41. The minimum absolute atomic E-state index is 0.246. The fourth-order valence-electron chi connectivity index (χ4n) is 2.20. The number of aliphatic hydroxyl groups excluding tert-OH is 1. The van der Waals surface area contributed by atoms with Crippen molar-refractivity contribution in [1.29, 1.82) is 0 Å². The number of benzene rings is 1. The van der Waals surface area contributed by atoms with Crippen LogP contribution in [0.5, 0.6) is 5.75 Å². The Balaban J connectivity index is 1.99. The molecule has 0 aromatic heterocycles. The third-order valence-electron chi connectivity index (χ3n) is 3.61. The number of ether oxygens (including phenoxy) is 1. The topological polar surface area (TPSA) is 41.5 Å². The van der Waals surface area contributed by atoms with Crippen LogP contribution in [0.3, 0.4) is 0 Å². The highest BCUT2D eigenvalue weighted by Gasteiger charge is 2.32. The molecule has 0 amide bonds. The second-order valence-electron chi connectivity index (χ2n) is 5.06. The van der Waals surface area contributed by atoms with Gasteiger partial charge >= 0.3 is 0 Å². The fourth-order valence-corrected chi connectivity index (χ4v) is 2.20. The highest BCUT2D eigenvalue weighted by atomic mass is 16.5. The quantitative estimate of drug-likeness (QED) is 0.780. The third-order valence-corrected chi connectivity index (χ3v) is 3.61. The van der Waals surface area contributed by atoms with Gasteiger partial charge in [0.05, 0.1) is 13.2 Å². The van der Waals surface area contributed by atoms with Gasteiger partial charge in [0.15, 0.2) is 0 Å². The maximum absolute atomic E-state index is 9.66. The molecule has 3 heteroatoms. The molecule has 0 aliphatic heterocycles. The molecule has 0 spiro atoms. The Morgan fingerprint density at radius 1 is 1.33 bits per heavy atom. The first-order chi connectivity index (χ1) is 8.74. The Labute approximate surface area is 109 Å². The molecule has 100 valence electrons. The van der Waals surface area contributed by atoms with Crippen LogP contribution in [0.1, 0.15) is 37.8 Å². The zero-order valence-electron chi connectivity index (χ0n) is 11.2. The molecule has 0 radical (unpaired) electrons. The summed E-state index contributed by atoms with van der Waals surface area (Å²) in [4.78, 5) is 0. The first kappa shape index (κ1) is 13.4. The minimum atomic E-state index is -0.246. The van der Waals surface area contributed by atoms with E-state index < -0.39 is 0 Å². The first-order valence-corrected chi connectivity index (χ1v) is 6.80. The van der Waals surface area contributed by atoms with Crippen LogP contribution in [0.25, 0.3) is 0 Å². The maximum atomic E-state index is 9.66. The normalized spacial score (nSPS) is 18.4. The molecule has 3 nitrogen and oxygen atoms in total. The number of nitrogens with one attached hydrogen (secondary N) is 1.